The molecular formula is C19H27N4O4+. The Labute approximate surface area is 159 Å². The van der Waals surface area contributed by atoms with E-state index in [2.05, 4.69) is 4.99 Å². The van der Waals surface area contributed by atoms with Gasteiger partial charge in [-0.3, -0.25) is 9.59 Å². The van der Waals surface area contributed by atoms with Gasteiger partial charge in [-0.2, -0.15) is 9.48 Å². The van der Waals surface area contributed by atoms with Crippen molar-refractivity contribution < 1.29 is 23.7 Å². The van der Waals surface area contributed by atoms with E-state index in [1.54, 1.807) is 18.2 Å². The number of hydrogen-bond donors (Lipinski definition) is 0. The minimum Gasteiger partial charge on any atom is -0.496 e. The van der Waals surface area contributed by atoms with E-state index in [1.165, 1.54) is 4.58 Å². The maximum Gasteiger partial charge on any atom is 0.446 e. The number of nitrogens with zero attached hydrogens (tertiary/aromatic N) is 4. The van der Waals surface area contributed by atoms with E-state index in [9.17, 15) is 14.4 Å². The number of dihydropyridines is 1. The summed E-state index contributed by atoms with van der Waals surface area (Å²) in [6.07, 6.45) is 5.73. The predicted octanol–water partition coefficient (Wildman–Crippen LogP) is 1.40. The van der Waals surface area contributed by atoms with Crippen LogP contribution in [-0.4, -0.2) is 77.6 Å². The van der Waals surface area contributed by atoms with Crippen LogP contribution in [-0.2, 0) is 14.3 Å². The summed E-state index contributed by atoms with van der Waals surface area (Å²) in [6.45, 7) is 5.19. The minimum absolute atomic E-state index is 0.187. The van der Waals surface area contributed by atoms with Crippen molar-refractivity contribution in [2.75, 3.05) is 33.3 Å². The lowest BCUT2D eigenvalue weighted by molar-refractivity contribution is -0.408. The van der Waals surface area contributed by atoms with Gasteiger partial charge in [-0.15, -0.1) is 4.99 Å². The van der Waals surface area contributed by atoms with Crippen molar-refractivity contribution in [3.8, 4) is 0 Å². The fraction of sp³-hybridized carbons (Fsp3) is 0.632. The van der Waals surface area contributed by atoms with Gasteiger partial charge in [-0.1, -0.05) is 12.8 Å². The highest BCUT2D eigenvalue weighted by atomic mass is 16.5. The zero-order chi connectivity index (χ0) is 19.6. The van der Waals surface area contributed by atoms with Crippen LogP contribution >= 0.6 is 0 Å². The maximum atomic E-state index is 13.1. The molecule has 0 aromatic heterocycles. The molecule has 0 spiro atoms. The van der Waals surface area contributed by atoms with Crippen molar-refractivity contribution in [3.05, 3.63) is 11.3 Å². The number of allylic oxidation sites excluding steroid dienone is 1. The van der Waals surface area contributed by atoms with Gasteiger partial charge in [0.25, 0.3) is 11.7 Å². The standard InChI is InChI=1S/C19H27N4O4/c1-4-27-16-13(2)11-20-17-15(16)18(25)23(19(26)21(17)3)12-14(24)22-9-7-5-6-8-10-22/h11,15H,4-10,12H2,1-3H3/q+1. The molecule has 1 saturated heterocycles. The van der Waals surface area contributed by atoms with Crippen molar-refractivity contribution in [1.29, 1.82) is 0 Å². The summed E-state index contributed by atoms with van der Waals surface area (Å²) in [5, 5.41) is 0. The SMILES string of the molecule is CCOC1=C(C)C=NC2=[N+](C)C(=O)N(CC(=O)N3CCCCCC3)C(=O)C12. The van der Waals surface area contributed by atoms with Gasteiger partial charge in [-0.05, 0) is 26.7 Å². The first kappa shape index (κ1) is 19.3. The molecular weight excluding hydrogens is 348 g/mol. The Morgan fingerprint density at radius 1 is 1.26 bits per heavy atom. The topological polar surface area (TPSA) is 82.3 Å². The molecule has 0 aliphatic carbocycles. The van der Waals surface area contributed by atoms with Crippen LogP contribution in [0.15, 0.2) is 16.3 Å². The fourth-order valence-corrected chi connectivity index (χ4v) is 3.73. The van der Waals surface area contributed by atoms with Crippen LogP contribution in [0.25, 0.3) is 0 Å². The van der Waals surface area contributed by atoms with Gasteiger partial charge in [0, 0.05) is 18.7 Å². The van der Waals surface area contributed by atoms with E-state index < -0.39 is 17.9 Å². The summed E-state index contributed by atoms with van der Waals surface area (Å²) in [4.78, 5) is 45.7. The Hall–Kier alpha value is -2.51. The van der Waals surface area contributed by atoms with E-state index >= 15 is 0 Å². The second-order valence-corrected chi connectivity index (χ2v) is 7.09. The molecule has 146 valence electrons. The summed E-state index contributed by atoms with van der Waals surface area (Å²) in [7, 11) is 1.57. The number of ether oxygens (including phenoxy) is 1. The smallest absolute Gasteiger partial charge is 0.446 e. The lowest BCUT2D eigenvalue weighted by Gasteiger charge is -2.30. The van der Waals surface area contributed by atoms with Crippen LogP contribution < -0.4 is 0 Å². The molecule has 8 nitrogen and oxygen atoms in total. The van der Waals surface area contributed by atoms with E-state index in [1.807, 2.05) is 13.8 Å². The normalized spacial score (nSPS) is 23.6. The molecule has 0 saturated carbocycles. The first-order valence-corrected chi connectivity index (χ1v) is 9.57. The number of amidine groups is 1. The molecule has 27 heavy (non-hydrogen) atoms. The molecule has 1 fully saturated rings. The monoisotopic (exact) mass is 375 g/mol. The molecule has 3 aliphatic rings. The second kappa shape index (κ2) is 8.02. The molecule has 8 heteroatoms. The Bertz CT molecular complexity index is 745. The van der Waals surface area contributed by atoms with Crippen molar-refractivity contribution in [2.45, 2.75) is 39.5 Å². The number of carbonyl (C=O) groups excluding carboxylic acids is 3. The number of hydrogen-bond acceptors (Lipinski definition) is 5. The summed E-state index contributed by atoms with van der Waals surface area (Å²) in [5.74, 6) is -0.574. The molecule has 3 heterocycles. The number of aliphatic imine (C=N–C) groups is 1. The van der Waals surface area contributed by atoms with Gasteiger partial charge in [-0.25, -0.2) is 4.79 Å². The van der Waals surface area contributed by atoms with Crippen LogP contribution in [0.5, 0.6) is 0 Å². The third kappa shape index (κ3) is 3.65. The highest BCUT2D eigenvalue weighted by molar-refractivity contribution is 6.16. The number of carbonyl (C=O) groups is 3. The van der Waals surface area contributed by atoms with E-state index in [4.69, 9.17) is 4.74 Å². The third-order valence-corrected chi connectivity index (χ3v) is 5.23. The molecule has 4 amide bonds. The van der Waals surface area contributed by atoms with Crippen molar-refractivity contribution in [2.24, 2.45) is 10.9 Å². The molecule has 3 rings (SSSR count). The largest absolute Gasteiger partial charge is 0.496 e. The van der Waals surface area contributed by atoms with E-state index in [0.29, 0.717) is 31.3 Å². The fourth-order valence-electron chi connectivity index (χ4n) is 3.73. The average Bonchev–Trinajstić information content (AvgIpc) is 2.94. The third-order valence-electron chi connectivity index (χ3n) is 5.23. The number of imide groups is 1. The van der Waals surface area contributed by atoms with Crippen LogP contribution in [0.2, 0.25) is 0 Å². The second-order valence-electron chi connectivity index (χ2n) is 7.09. The maximum absolute atomic E-state index is 13.1. The van der Waals surface area contributed by atoms with Gasteiger partial charge in [0.05, 0.1) is 13.7 Å². The highest BCUT2D eigenvalue weighted by Crippen LogP contribution is 2.28. The van der Waals surface area contributed by atoms with Gasteiger partial charge in [0.15, 0.2) is 12.5 Å². The number of likely N-dealkylation sites (tertiary alicyclic amines) is 1. The number of urea groups is 1. The molecule has 1 unspecified atom stereocenters. The predicted molar refractivity (Wildman–Crippen MR) is 99.7 cm³/mol. The van der Waals surface area contributed by atoms with Crippen molar-refractivity contribution in [1.82, 2.24) is 9.80 Å². The zero-order valence-electron chi connectivity index (χ0n) is 16.2. The van der Waals surface area contributed by atoms with Crippen LogP contribution in [0.4, 0.5) is 4.79 Å². The lowest BCUT2D eigenvalue weighted by atomic mass is 9.96. The highest BCUT2D eigenvalue weighted by Gasteiger charge is 2.51. The van der Waals surface area contributed by atoms with Crippen LogP contribution in [0.3, 0.4) is 0 Å². The number of amides is 4. The molecule has 3 aliphatic heterocycles. The minimum atomic E-state index is -0.783. The van der Waals surface area contributed by atoms with E-state index in [0.717, 1.165) is 36.2 Å². The molecule has 0 aromatic carbocycles. The van der Waals surface area contributed by atoms with E-state index in [-0.39, 0.29) is 12.5 Å². The molecule has 0 N–H and O–H groups in total. The van der Waals surface area contributed by atoms with Crippen LogP contribution in [0.1, 0.15) is 39.5 Å². The molecule has 1 atom stereocenters. The first-order chi connectivity index (χ1) is 13.0. The number of rotatable bonds is 4. The first-order valence-electron chi connectivity index (χ1n) is 9.57. The lowest BCUT2D eigenvalue weighted by Crippen LogP contribution is -2.57. The van der Waals surface area contributed by atoms with Crippen molar-refractivity contribution >= 4 is 29.9 Å². The van der Waals surface area contributed by atoms with Gasteiger partial charge in [0.1, 0.15) is 12.0 Å². The zero-order valence-corrected chi connectivity index (χ0v) is 16.2. The molecule has 0 bridgehead atoms. The Kier molecular flexibility index (Phi) is 5.72. The van der Waals surface area contributed by atoms with Crippen LogP contribution in [0, 0.1) is 5.92 Å². The quantitative estimate of drug-likeness (QED) is 0.696. The van der Waals surface area contributed by atoms with Gasteiger partial charge in [0.2, 0.25) is 0 Å². The summed E-state index contributed by atoms with van der Waals surface area (Å²) in [5.41, 5.74) is 0.750. The van der Waals surface area contributed by atoms with Crippen molar-refractivity contribution in [3.63, 3.8) is 0 Å². The summed E-state index contributed by atoms with van der Waals surface area (Å²) < 4.78 is 7.03. The van der Waals surface area contributed by atoms with Gasteiger partial charge >= 0.3 is 11.9 Å². The summed E-state index contributed by atoms with van der Waals surface area (Å²) in [6, 6.07) is -0.526. The Morgan fingerprint density at radius 3 is 2.56 bits per heavy atom. The molecule has 0 aromatic rings. The average molecular weight is 375 g/mol. The number of fused-ring (bicyclic) bond motifs is 1. The van der Waals surface area contributed by atoms with Gasteiger partial charge < -0.3 is 9.64 Å². The Balaban J connectivity index is 1.86. The molecule has 0 radical (unpaired) electrons. The summed E-state index contributed by atoms with van der Waals surface area (Å²) >= 11 is 0. The Morgan fingerprint density at radius 2 is 1.93 bits per heavy atom.